The van der Waals surface area contributed by atoms with Crippen LogP contribution < -0.4 is 20.0 Å². The Kier molecular flexibility index (Phi) is 12.5. The van der Waals surface area contributed by atoms with E-state index < -0.39 is 23.3 Å². The normalized spacial score (nSPS) is 21.0. The van der Waals surface area contributed by atoms with E-state index in [0.29, 0.717) is 55.3 Å². The van der Waals surface area contributed by atoms with E-state index in [1.807, 2.05) is 29.3 Å². The average molecular weight is 788 g/mol. The van der Waals surface area contributed by atoms with Crippen LogP contribution in [0.15, 0.2) is 54.9 Å². The number of piperazine rings is 1. The van der Waals surface area contributed by atoms with Gasteiger partial charge in [-0.3, -0.25) is 9.69 Å². The molecule has 304 valence electrons. The predicted octanol–water partition coefficient (Wildman–Crippen LogP) is 6.06. The predicted molar refractivity (Wildman–Crippen MR) is 213 cm³/mol. The third-order valence-electron chi connectivity index (χ3n) is 12.4. The van der Waals surface area contributed by atoms with E-state index in [4.69, 9.17) is 10.4 Å². The minimum Gasteiger partial charge on any atom is -0.477 e. The number of nitriles is 1. The number of carbonyl (C=O) groups excluding carboxylic acids is 1. The Hall–Kier alpha value is -4.94. The number of amides is 1. The molecule has 12 nitrogen and oxygen atoms in total. The van der Waals surface area contributed by atoms with Crippen LogP contribution in [0.3, 0.4) is 0 Å². The van der Waals surface area contributed by atoms with Crippen molar-refractivity contribution in [3.8, 4) is 6.07 Å². The van der Waals surface area contributed by atoms with Crippen molar-refractivity contribution in [3.05, 3.63) is 71.7 Å². The van der Waals surface area contributed by atoms with Crippen molar-refractivity contribution in [2.24, 2.45) is 17.8 Å². The van der Waals surface area contributed by atoms with E-state index in [9.17, 15) is 22.8 Å². The summed E-state index contributed by atoms with van der Waals surface area (Å²) in [5.41, 5.74) is 1.18. The molecule has 15 heteroatoms. The van der Waals surface area contributed by atoms with Gasteiger partial charge < -0.3 is 30.0 Å². The maximum atomic E-state index is 13.5. The number of alkyl halides is 3. The van der Waals surface area contributed by atoms with E-state index >= 15 is 0 Å². The molecule has 0 aliphatic carbocycles. The van der Waals surface area contributed by atoms with Crippen molar-refractivity contribution in [1.82, 2.24) is 19.8 Å². The number of carbonyl (C=O) groups is 2. The van der Waals surface area contributed by atoms with Gasteiger partial charge in [-0.1, -0.05) is 0 Å². The molecule has 0 radical (unpaired) electrons. The van der Waals surface area contributed by atoms with Gasteiger partial charge in [0.15, 0.2) is 0 Å². The summed E-state index contributed by atoms with van der Waals surface area (Å²) in [7, 11) is 0. The first-order chi connectivity index (χ1) is 27.4. The number of pyridine rings is 2. The topological polar surface area (TPSA) is 132 Å². The van der Waals surface area contributed by atoms with Gasteiger partial charge in [0.2, 0.25) is 5.91 Å². The second-order valence-electron chi connectivity index (χ2n) is 16.2. The molecule has 6 heterocycles. The molecule has 2 N–H and O–H groups in total. The van der Waals surface area contributed by atoms with Gasteiger partial charge in [-0.05, 0) is 99.7 Å². The fraction of sp³-hybridized carbons (Fsp3) is 0.548. The molecule has 4 saturated heterocycles. The van der Waals surface area contributed by atoms with Crippen LogP contribution in [0.4, 0.5) is 36.1 Å². The Bertz CT molecular complexity index is 1880. The van der Waals surface area contributed by atoms with Crippen LogP contribution >= 0.6 is 0 Å². The standard InChI is InChI=1S/C42H52F3N9O3/c1-29-26-50(27-30-8-14-52(15-9-30)35-4-6-38(41(56)57)47-24-35)20-21-54(29)28-31-10-16-53(17-11-31)36-5-7-39(48-25-36)49-40(55)32-12-18-51(19-13-32)34-3-2-33(23-46)37(22-34)42(43,44)45/h2-7,22,24-25,29-32H,8-21,26-28H2,1H3,(H,56,57)(H,48,49,55)/t29-/m1/s1. The third-order valence-corrected chi connectivity index (χ3v) is 12.4. The number of nitrogens with one attached hydrogen (secondary N) is 1. The van der Waals surface area contributed by atoms with Crippen LogP contribution in [0.5, 0.6) is 0 Å². The third kappa shape index (κ3) is 9.96. The van der Waals surface area contributed by atoms with Crippen LogP contribution in [0.1, 0.15) is 67.1 Å². The van der Waals surface area contributed by atoms with Crippen molar-refractivity contribution < 1.29 is 27.9 Å². The van der Waals surface area contributed by atoms with Gasteiger partial charge in [-0.25, -0.2) is 14.8 Å². The molecule has 57 heavy (non-hydrogen) atoms. The molecule has 0 bridgehead atoms. The first-order valence-corrected chi connectivity index (χ1v) is 20.2. The summed E-state index contributed by atoms with van der Waals surface area (Å²) in [4.78, 5) is 44.7. The Morgan fingerprint density at radius 1 is 0.789 bits per heavy atom. The van der Waals surface area contributed by atoms with E-state index in [1.54, 1.807) is 18.3 Å². The number of hydrogen-bond acceptors (Lipinski definition) is 10. The molecular weight excluding hydrogens is 736 g/mol. The van der Waals surface area contributed by atoms with Gasteiger partial charge in [0.05, 0.1) is 41.0 Å². The molecule has 0 saturated carbocycles. The Balaban J connectivity index is 0.795. The van der Waals surface area contributed by atoms with Crippen LogP contribution in [0.2, 0.25) is 0 Å². The van der Waals surface area contributed by atoms with Gasteiger partial charge in [-0.15, -0.1) is 0 Å². The van der Waals surface area contributed by atoms with Gasteiger partial charge >= 0.3 is 12.1 Å². The fourth-order valence-electron chi connectivity index (χ4n) is 8.99. The molecule has 1 atom stereocenters. The number of carboxylic acids is 1. The summed E-state index contributed by atoms with van der Waals surface area (Å²) in [6.07, 6.45) is 4.40. The lowest BCUT2D eigenvalue weighted by atomic mass is 9.94. The van der Waals surface area contributed by atoms with Crippen molar-refractivity contribution >= 4 is 34.8 Å². The van der Waals surface area contributed by atoms with Gasteiger partial charge in [0.1, 0.15) is 11.5 Å². The van der Waals surface area contributed by atoms with Crippen molar-refractivity contribution in [2.75, 3.05) is 92.0 Å². The van der Waals surface area contributed by atoms with Crippen LogP contribution in [0, 0.1) is 29.1 Å². The summed E-state index contributed by atoms with van der Waals surface area (Å²) in [6.45, 7) is 12.7. The number of piperidine rings is 3. The summed E-state index contributed by atoms with van der Waals surface area (Å²) in [6, 6.07) is 13.2. The molecule has 4 aliphatic heterocycles. The summed E-state index contributed by atoms with van der Waals surface area (Å²) < 4.78 is 40.4. The zero-order chi connectivity index (χ0) is 40.1. The molecule has 0 spiro atoms. The molecule has 7 rings (SSSR count). The smallest absolute Gasteiger partial charge is 0.417 e. The zero-order valence-corrected chi connectivity index (χ0v) is 32.5. The lowest BCUT2D eigenvalue weighted by Gasteiger charge is -2.44. The average Bonchev–Trinajstić information content (AvgIpc) is 3.22. The number of nitrogens with zero attached hydrogens (tertiary/aromatic N) is 8. The van der Waals surface area contributed by atoms with Crippen LogP contribution in [-0.2, 0) is 11.0 Å². The number of halogens is 3. The highest BCUT2D eigenvalue weighted by Crippen LogP contribution is 2.36. The minimum atomic E-state index is -4.61. The lowest BCUT2D eigenvalue weighted by molar-refractivity contribution is -0.137. The highest BCUT2D eigenvalue weighted by Gasteiger charge is 2.35. The van der Waals surface area contributed by atoms with E-state index in [-0.39, 0.29) is 17.5 Å². The maximum Gasteiger partial charge on any atom is 0.417 e. The number of anilines is 4. The maximum absolute atomic E-state index is 13.5. The van der Waals surface area contributed by atoms with Crippen LogP contribution in [0.25, 0.3) is 0 Å². The summed E-state index contributed by atoms with van der Waals surface area (Å²) >= 11 is 0. The monoisotopic (exact) mass is 787 g/mol. The van der Waals surface area contributed by atoms with Gasteiger partial charge in [0, 0.05) is 89.6 Å². The second kappa shape index (κ2) is 17.7. The SMILES string of the molecule is C[C@@H]1CN(CC2CCN(c3ccc(C(=O)O)nc3)CC2)CCN1CC1CCN(c2ccc(NC(=O)C3CCN(c4ccc(C#N)c(C(F)(F)F)c4)CC3)nc2)CC1. The zero-order valence-electron chi connectivity index (χ0n) is 32.5. The number of hydrogen-bond donors (Lipinski definition) is 2. The first-order valence-electron chi connectivity index (χ1n) is 20.2. The minimum absolute atomic E-state index is 0.0774. The van der Waals surface area contributed by atoms with Gasteiger partial charge in [0.25, 0.3) is 0 Å². The number of rotatable bonds is 10. The quantitative estimate of drug-likeness (QED) is 0.249. The van der Waals surface area contributed by atoms with Crippen molar-refractivity contribution in [2.45, 2.75) is 57.7 Å². The molecule has 1 amide bonds. The number of aromatic nitrogens is 2. The molecule has 2 aromatic heterocycles. The van der Waals surface area contributed by atoms with Crippen molar-refractivity contribution in [3.63, 3.8) is 0 Å². The molecular formula is C42H52F3N9O3. The molecule has 4 aliphatic rings. The molecule has 3 aromatic rings. The van der Waals surface area contributed by atoms with Crippen molar-refractivity contribution in [1.29, 1.82) is 5.26 Å². The number of carboxylic acid groups (broad SMARTS) is 1. The lowest BCUT2D eigenvalue weighted by Crippen LogP contribution is -2.54. The Morgan fingerprint density at radius 2 is 1.37 bits per heavy atom. The largest absolute Gasteiger partial charge is 0.477 e. The summed E-state index contributed by atoms with van der Waals surface area (Å²) in [5.74, 6) is 0.409. The Morgan fingerprint density at radius 3 is 1.91 bits per heavy atom. The molecule has 1 aromatic carbocycles. The molecule has 0 unspecified atom stereocenters. The highest BCUT2D eigenvalue weighted by atomic mass is 19.4. The number of benzene rings is 1. The van der Waals surface area contributed by atoms with E-state index in [1.165, 1.54) is 12.1 Å². The number of aromatic carboxylic acids is 1. The highest BCUT2D eigenvalue weighted by molar-refractivity contribution is 5.92. The Labute approximate surface area is 332 Å². The van der Waals surface area contributed by atoms with E-state index in [0.717, 1.165) is 102 Å². The molecule has 4 fully saturated rings. The first kappa shape index (κ1) is 40.3. The van der Waals surface area contributed by atoms with Crippen LogP contribution in [-0.4, -0.2) is 115 Å². The van der Waals surface area contributed by atoms with E-state index in [2.05, 4.69) is 41.8 Å². The summed E-state index contributed by atoms with van der Waals surface area (Å²) in [5, 5.41) is 21.2. The van der Waals surface area contributed by atoms with Gasteiger partial charge in [-0.2, -0.15) is 18.4 Å². The second-order valence-corrected chi connectivity index (χ2v) is 16.2. The fourth-order valence-corrected chi connectivity index (χ4v) is 8.99.